The number of aryl methyl sites for hydroxylation is 2. The largest absolute Gasteiger partial charge is 0.438 e. The van der Waals surface area contributed by atoms with Gasteiger partial charge in [0, 0.05) is 29.6 Å². The van der Waals surface area contributed by atoms with E-state index in [0.717, 1.165) is 25.9 Å². The minimum Gasteiger partial charge on any atom is -0.438 e. The Morgan fingerprint density at radius 2 is 2.05 bits per heavy atom. The van der Waals surface area contributed by atoms with Gasteiger partial charge in [-0.15, -0.1) is 11.3 Å². The van der Waals surface area contributed by atoms with Crippen molar-refractivity contribution in [1.82, 2.24) is 14.9 Å². The Hall–Kier alpha value is -1.69. The molecule has 1 aliphatic heterocycles. The number of carbonyl (C=O) groups excluding carboxylic acids is 1. The number of rotatable bonds is 2. The molecule has 1 aliphatic rings. The third-order valence-electron chi connectivity index (χ3n) is 4.23. The number of thiazole rings is 1. The van der Waals surface area contributed by atoms with Gasteiger partial charge in [-0.05, 0) is 26.7 Å². The number of oxazole rings is 1. The molecule has 0 radical (unpaired) electrons. The van der Waals surface area contributed by atoms with Gasteiger partial charge in [-0.25, -0.2) is 9.97 Å². The Morgan fingerprint density at radius 3 is 2.57 bits per heavy atom. The fraction of sp³-hybridized carbons (Fsp3) is 0.533. The summed E-state index contributed by atoms with van der Waals surface area (Å²) in [5, 5.41) is 1.18. The number of hydrogen-bond acceptors (Lipinski definition) is 5. The molecule has 2 aromatic heterocycles. The van der Waals surface area contributed by atoms with Gasteiger partial charge in [0.15, 0.2) is 6.39 Å². The molecule has 112 valence electrons. The van der Waals surface area contributed by atoms with Crippen molar-refractivity contribution in [2.75, 3.05) is 13.1 Å². The lowest BCUT2D eigenvalue weighted by Crippen LogP contribution is -2.44. The summed E-state index contributed by atoms with van der Waals surface area (Å²) >= 11 is 1.76. The van der Waals surface area contributed by atoms with Gasteiger partial charge in [0.25, 0.3) is 5.91 Å². The molecule has 1 amide bonds. The molecule has 0 N–H and O–H groups in total. The van der Waals surface area contributed by atoms with Gasteiger partial charge >= 0.3 is 0 Å². The number of carbonyl (C=O) groups is 1. The van der Waals surface area contributed by atoms with Crippen molar-refractivity contribution in [3.63, 3.8) is 0 Å². The fourth-order valence-corrected chi connectivity index (χ4v) is 3.67. The van der Waals surface area contributed by atoms with Crippen LogP contribution in [0.1, 0.15) is 45.9 Å². The molecular weight excluding hydrogens is 286 g/mol. The first-order valence-corrected chi connectivity index (χ1v) is 7.93. The summed E-state index contributed by atoms with van der Waals surface area (Å²) in [5.41, 5.74) is 0.732. The number of aromatic nitrogens is 2. The zero-order valence-electron chi connectivity index (χ0n) is 12.5. The number of piperidine rings is 1. The van der Waals surface area contributed by atoms with Crippen molar-refractivity contribution in [2.45, 2.75) is 39.0 Å². The third kappa shape index (κ3) is 2.60. The van der Waals surface area contributed by atoms with Crippen molar-refractivity contribution < 1.29 is 9.21 Å². The van der Waals surface area contributed by atoms with Crippen molar-refractivity contribution in [2.24, 2.45) is 0 Å². The van der Waals surface area contributed by atoms with Crippen LogP contribution in [0.3, 0.4) is 0 Å². The number of nitrogens with zero attached hydrogens (tertiary/aromatic N) is 3. The van der Waals surface area contributed by atoms with Crippen LogP contribution < -0.4 is 0 Å². The van der Waals surface area contributed by atoms with Crippen molar-refractivity contribution in [1.29, 1.82) is 0 Å². The highest BCUT2D eigenvalue weighted by Gasteiger charge is 2.36. The molecule has 5 nitrogen and oxygen atoms in total. The first-order chi connectivity index (χ1) is 9.99. The lowest BCUT2D eigenvalue weighted by molar-refractivity contribution is 0.0643. The lowest BCUT2D eigenvalue weighted by atomic mass is 9.81. The number of amides is 1. The third-order valence-corrected chi connectivity index (χ3v) is 5.45. The van der Waals surface area contributed by atoms with Crippen LogP contribution in [0.25, 0.3) is 0 Å². The average molecular weight is 305 g/mol. The van der Waals surface area contributed by atoms with Gasteiger partial charge in [-0.2, -0.15) is 0 Å². The van der Waals surface area contributed by atoms with E-state index in [1.165, 1.54) is 16.3 Å². The van der Waals surface area contributed by atoms with Gasteiger partial charge in [-0.3, -0.25) is 4.79 Å². The van der Waals surface area contributed by atoms with Gasteiger partial charge in [-0.1, -0.05) is 6.92 Å². The van der Waals surface area contributed by atoms with Crippen LogP contribution in [0.15, 0.2) is 17.0 Å². The summed E-state index contributed by atoms with van der Waals surface area (Å²) in [6.07, 6.45) is 5.12. The van der Waals surface area contributed by atoms with Gasteiger partial charge < -0.3 is 9.32 Å². The van der Waals surface area contributed by atoms with E-state index in [1.54, 1.807) is 18.3 Å². The highest BCUT2D eigenvalue weighted by molar-refractivity contribution is 7.11. The summed E-state index contributed by atoms with van der Waals surface area (Å²) in [4.78, 5) is 24.0. The minimum atomic E-state index is -0.0534. The molecule has 2 aromatic rings. The molecule has 3 heterocycles. The first-order valence-electron chi connectivity index (χ1n) is 7.12. The highest BCUT2D eigenvalue weighted by atomic mass is 32.1. The molecule has 3 rings (SSSR count). The zero-order chi connectivity index (χ0) is 15.0. The van der Waals surface area contributed by atoms with Crippen LogP contribution >= 0.6 is 11.3 Å². The van der Waals surface area contributed by atoms with Crippen LogP contribution in [0, 0.1) is 13.8 Å². The summed E-state index contributed by atoms with van der Waals surface area (Å²) in [6.45, 7) is 7.58. The average Bonchev–Trinajstić information content (AvgIpc) is 3.08. The van der Waals surface area contributed by atoms with Crippen molar-refractivity contribution >= 4 is 17.2 Å². The number of likely N-dealkylation sites (tertiary alicyclic amines) is 1. The molecule has 0 aromatic carbocycles. The Morgan fingerprint density at radius 1 is 1.33 bits per heavy atom. The Labute approximate surface area is 128 Å². The molecular formula is C15H19N3O2S. The Kier molecular flexibility index (Phi) is 3.57. The van der Waals surface area contributed by atoms with Crippen LogP contribution in [0.2, 0.25) is 0 Å². The summed E-state index contributed by atoms with van der Waals surface area (Å²) in [6, 6.07) is 0. The van der Waals surface area contributed by atoms with E-state index in [-0.39, 0.29) is 11.3 Å². The quantitative estimate of drug-likeness (QED) is 0.856. The number of hydrogen-bond donors (Lipinski definition) is 0. The second kappa shape index (κ2) is 5.26. The van der Waals surface area contributed by atoms with E-state index >= 15 is 0 Å². The normalized spacial score (nSPS) is 18.0. The van der Waals surface area contributed by atoms with E-state index < -0.39 is 0 Å². The lowest BCUT2D eigenvalue weighted by Gasteiger charge is -2.37. The second-order valence-electron chi connectivity index (χ2n) is 5.90. The summed E-state index contributed by atoms with van der Waals surface area (Å²) < 4.78 is 5.21. The first kappa shape index (κ1) is 14.3. The fourth-order valence-electron chi connectivity index (χ4n) is 2.70. The standard InChI is InChI=1S/C15H19N3O2S/c1-10-8-16-14(21-10)15(3)4-6-18(7-5-15)13(19)12-11(2)17-9-20-12/h8-9H,4-7H2,1-3H3. The topological polar surface area (TPSA) is 59.2 Å². The molecule has 0 aliphatic carbocycles. The molecule has 0 unspecified atom stereocenters. The Bertz CT molecular complexity index is 653. The second-order valence-corrected chi connectivity index (χ2v) is 7.13. The molecule has 0 atom stereocenters. The molecule has 1 fully saturated rings. The smallest absolute Gasteiger partial charge is 0.291 e. The Balaban J connectivity index is 1.70. The summed E-state index contributed by atoms with van der Waals surface area (Å²) in [5.74, 6) is 0.311. The van der Waals surface area contributed by atoms with Crippen molar-refractivity contribution in [3.05, 3.63) is 33.9 Å². The predicted molar refractivity (Wildman–Crippen MR) is 80.6 cm³/mol. The van der Waals surface area contributed by atoms with E-state index in [0.29, 0.717) is 11.5 Å². The zero-order valence-corrected chi connectivity index (χ0v) is 13.4. The van der Waals surface area contributed by atoms with E-state index in [9.17, 15) is 4.79 Å². The maximum Gasteiger partial charge on any atom is 0.291 e. The predicted octanol–water partition coefficient (Wildman–Crippen LogP) is 2.94. The SMILES string of the molecule is Cc1cnc(C2(C)CCN(C(=O)c3ocnc3C)CC2)s1. The molecule has 6 heteroatoms. The van der Waals surface area contributed by atoms with Gasteiger partial charge in [0.05, 0.1) is 10.7 Å². The van der Waals surface area contributed by atoms with E-state index in [2.05, 4.69) is 23.8 Å². The molecule has 21 heavy (non-hydrogen) atoms. The summed E-state index contributed by atoms with van der Waals surface area (Å²) in [7, 11) is 0. The monoisotopic (exact) mass is 305 g/mol. The van der Waals surface area contributed by atoms with Crippen LogP contribution in [-0.4, -0.2) is 33.9 Å². The van der Waals surface area contributed by atoms with Gasteiger partial charge in [0.1, 0.15) is 0 Å². The van der Waals surface area contributed by atoms with Crippen LogP contribution in [0.5, 0.6) is 0 Å². The van der Waals surface area contributed by atoms with E-state index in [1.807, 2.05) is 11.1 Å². The maximum atomic E-state index is 12.4. The molecule has 0 saturated carbocycles. The highest BCUT2D eigenvalue weighted by Crippen LogP contribution is 2.37. The minimum absolute atomic E-state index is 0.0534. The maximum absolute atomic E-state index is 12.4. The molecule has 1 saturated heterocycles. The molecule has 0 spiro atoms. The van der Waals surface area contributed by atoms with Gasteiger partial charge in [0.2, 0.25) is 5.76 Å². The molecule has 0 bridgehead atoms. The van der Waals surface area contributed by atoms with Crippen LogP contribution in [-0.2, 0) is 5.41 Å². The van der Waals surface area contributed by atoms with Crippen molar-refractivity contribution in [3.8, 4) is 0 Å². The van der Waals surface area contributed by atoms with E-state index in [4.69, 9.17) is 4.42 Å². The van der Waals surface area contributed by atoms with Crippen LogP contribution in [0.4, 0.5) is 0 Å².